The first-order valence-electron chi connectivity index (χ1n) is 9.15. The van der Waals surface area contributed by atoms with Crippen LogP contribution in [0.1, 0.15) is 12.5 Å². The summed E-state index contributed by atoms with van der Waals surface area (Å²) in [5, 5.41) is 0.314. The minimum absolute atomic E-state index is 0.0580. The Morgan fingerprint density at radius 1 is 1.10 bits per heavy atom. The summed E-state index contributed by atoms with van der Waals surface area (Å²) in [6.07, 6.45) is -0.870. The third kappa shape index (κ3) is 2.47. The minimum Gasteiger partial charge on any atom is -0.491 e. The summed E-state index contributed by atoms with van der Waals surface area (Å²) in [7, 11) is 0. The molecule has 1 aromatic heterocycles. The third-order valence-corrected chi connectivity index (χ3v) is 5.41. The van der Waals surface area contributed by atoms with E-state index in [1.807, 2.05) is 30.3 Å². The molecular weight excluding hydrogens is 376 g/mol. The zero-order valence-corrected chi connectivity index (χ0v) is 15.5. The number of ether oxygens (including phenoxy) is 3. The molecule has 7 heteroatoms. The first-order valence-corrected chi connectivity index (χ1v) is 9.15. The van der Waals surface area contributed by atoms with Gasteiger partial charge in [-0.15, -0.1) is 0 Å². The maximum Gasteiger partial charge on any atom is 0.324 e. The second-order valence-electron chi connectivity index (χ2n) is 7.11. The van der Waals surface area contributed by atoms with Gasteiger partial charge in [0.1, 0.15) is 30.3 Å². The molecule has 7 nitrogen and oxygen atoms in total. The second-order valence-corrected chi connectivity index (χ2v) is 7.11. The molecule has 2 atom stereocenters. The molecule has 1 saturated heterocycles. The van der Waals surface area contributed by atoms with Crippen molar-refractivity contribution in [2.45, 2.75) is 18.4 Å². The van der Waals surface area contributed by atoms with Crippen molar-refractivity contribution in [2.75, 3.05) is 13.2 Å². The van der Waals surface area contributed by atoms with Crippen LogP contribution in [-0.2, 0) is 24.5 Å². The average Bonchev–Trinajstić information content (AvgIpc) is 3.25. The van der Waals surface area contributed by atoms with Gasteiger partial charge in [-0.3, -0.25) is 14.4 Å². The highest BCUT2D eigenvalue weighted by atomic mass is 16.6. The van der Waals surface area contributed by atoms with Gasteiger partial charge in [-0.2, -0.15) is 0 Å². The Hall–Kier alpha value is -3.61. The number of fused-ring (bicyclic) bond motifs is 4. The molecule has 29 heavy (non-hydrogen) atoms. The number of esters is 2. The first kappa shape index (κ1) is 17.5. The molecule has 2 aliphatic rings. The maximum absolute atomic E-state index is 12.8. The van der Waals surface area contributed by atoms with Crippen molar-refractivity contribution < 1.29 is 28.2 Å². The van der Waals surface area contributed by atoms with E-state index in [-0.39, 0.29) is 24.2 Å². The van der Waals surface area contributed by atoms with E-state index < -0.39 is 23.5 Å². The average molecular weight is 392 g/mol. The SMILES string of the molecule is CC(=O)O[C@H]1COC(=O)[C@]12COc1ccc3c(=O)cc(-c4ccccc4)oc3c12. The molecule has 0 unspecified atom stereocenters. The Kier molecular flexibility index (Phi) is 3.74. The smallest absolute Gasteiger partial charge is 0.324 e. The van der Waals surface area contributed by atoms with Crippen LogP contribution in [0.25, 0.3) is 22.3 Å². The fraction of sp³-hybridized carbons (Fsp3) is 0.227. The molecule has 0 amide bonds. The topological polar surface area (TPSA) is 92.0 Å². The molecule has 0 saturated carbocycles. The fourth-order valence-corrected chi connectivity index (χ4v) is 4.06. The number of benzene rings is 2. The number of carbonyl (C=O) groups is 2. The van der Waals surface area contributed by atoms with E-state index in [2.05, 4.69) is 0 Å². The van der Waals surface area contributed by atoms with Gasteiger partial charge >= 0.3 is 11.9 Å². The van der Waals surface area contributed by atoms with Crippen LogP contribution < -0.4 is 10.2 Å². The van der Waals surface area contributed by atoms with Gasteiger partial charge in [0.15, 0.2) is 16.9 Å². The first-order chi connectivity index (χ1) is 14.0. The lowest BCUT2D eigenvalue weighted by Gasteiger charge is -2.24. The quantitative estimate of drug-likeness (QED) is 0.619. The molecule has 0 radical (unpaired) electrons. The lowest BCUT2D eigenvalue weighted by molar-refractivity contribution is -0.149. The summed E-state index contributed by atoms with van der Waals surface area (Å²) >= 11 is 0. The van der Waals surface area contributed by atoms with E-state index in [1.165, 1.54) is 13.0 Å². The fourth-order valence-electron chi connectivity index (χ4n) is 4.06. The zero-order valence-electron chi connectivity index (χ0n) is 15.5. The molecule has 1 fully saturated rings. The minimum atomic E-state index is -1.37. The van der Waals surface area contributed by atoms with E-state index in [0.29, 0.717) is 22.5 Å². The number of cyclic esters (lactones) is 1. The van der Waals surface area contributed by atoms with Crippen molar-refractivity contribution in [3.63, 3.8) is 0 Å². The predicted octanol–water partition coefficient (Wildman–Crippen LogP) is 2.58. The Labute approximate surface area is 164 Å². The van der Waals surface area contributed by atoms with E-state index in [9.17, 15) is 14.4 Å². The van der Waals surface area contributed by atoms with Crippen molar-refractivity contribution in [3.8, 4) is 17.1 Å². The number of hydrogen-bond donors (Lipinski definition) is 0. The Morgan fingerprint density at radius 2 is 1.90 bits per heavy atom. The molecule has 2 aliphatic heterocycles. The lowest BCUT2D eigenvalue weighted by Crippen LogP contribution is -2.45. The summed E-state index contributed by atoms with van der Waals surface area (Å²) in [5.74, 6) is -0.327. The van der Waals surface area contributed by atoms with Crippen molar-refractivity contribution in [1.82, 2.24) is 0 Å². The van der Waals surface area contributed by atoms with Gasteiger partial charge in [0.25, 0.3) is 0 Å². The predicted molar refractivity (Wildman–Crippen MR) is 102 cm³/mol. The molecule has 146 valence electrons. The summed E-state index contributed by atoms with van der Waals surface area (Å²) in [6.45, 7) is 1.13. The van der Waals surface area contributed by atoms with Crippen LogP contribution in [0.2, 0.25) is 0 Å². The highest BCUT2D eigenvalue weighted by Gasteiger charge is 2.62. The van der Waals surface area contributed by atoms with Crippen LogP contribution in [0.15, 0.2) is 57.7 Å². The van der Waals surface area contributed by atoms with Crippen molar-refractivity contribution in [3.05, 3.63) is 64.3 Å². The number of carbonyl (C=O) groups excluding carboxylic acids is 2. The van der Waals surface area contributed by atoms with E-state index in [4.69, 9.17) is 18.6 Å². The highest BCUT2D eigenvalue weighted by Crippen LogP contribution is 2.49. The van der Waals surface area contributed by atoms with Gasteiger partial charge < -0.3 is 18.6 Å². The lowest BCUT2D eigenvalue weighted by atomic mass is 9.78. The summed E-state index contributed by atoms with van der Waals surface area (Å²) in [4.78, 5) is 37.2. The largest absolute Gasteiger partial charge is 0.491 e. The molecule has 5 rings (SSSR count). The van der Waals surface area contributed by atoms with Crippen LogP contribution in [0.5, 0.6) is 5.75 Å². The molecule has 0 bridgehead atoms. The number of hydrogen-bond acceptors (Lipinski definition) is 7. The van der Waals surface area contributed by atoms with Gasteiger partial charge in [0, 0.05) is 18.6 Å². The Bertz CT molecular complexity index is 1210. The van der Waals surface area contributed by atoms with E-state index in [1.54, 1.807) is 12.1 Å². The molecule has 1 spiro atoms. The summed E-state index contributed by atoms with van der Waals surface area (Å²) in [6, 6.07) is 13.8. The van der Waals surface area contributed by atoms with Crippen molar-refractivity contribution in [2.24, 2.45) is 0 Å². The van der Waals surface area contributed by atoms with Crippen LogP contribution in [0.3, 0.4) is 0 Å². The van der Waals surface area contributed by atoms with Crippen LogP contribution in [0, 0.1) is 0 Å². The van der Waals surface area contributed by atoms with Crippen LogP contribution >= 0.6 is 0 Å². The summed E-state index contributed by atoms with van der Waals surface area (Å²) in [5.41, 5.74) is -0.264. The molecule has 0 aliphatic carbocycles. The Balaban J connectivity index is 1.80. The monoisotopic (exact) mass is 392 g/mol. The zero-order chi connectivity index (χ0) is 20.2. The van der Waals surface area contributed by atoms with Gasteiger partial charge in [0.05, 0.1) is 10.9 Å². The van der Waals surface area contributed by atoms with Gasteiger partial charge in [-0.1, -0.05) is 30.3 Å². The van der Waals surface area contributed by atoms with Crippen molar-refractivity contribution >= 4 is 22.9 Å². The van der Waals surface area contributed by atoms with Crippen LogP contribution in [-0.4, -0.2) is 31.3 Å². The highest BCUT2D eigenvalue weighted by molar-refractivity contribution is 5.96. The van der Waals surface area contributed by atoms with Crippen LogP contribution in [0.4, 0.5) is 0 Å². The van der Waals surface area contributed by atoms with E-state index in [0.717, 1.165) is 5.56 Å². The van der Waals surface area contributed by atoms with E-state index >= 15 is 0 Å². The standard InChI is InChI=1S/C22H16O7/c1-12(23)28-18-10-26-21(25)22(18)11-27-16-8-7-14-15(24)9-17(29-20(14)19(16)22)13-5-3-2-4-6-13/h2-9,18H,10-11H2,1H3/t18-,22+/m0/s1. The maximum atomic E-state index is 12.8. The second kappa shape index (κ2) is 6.20. The van der Waals surface area contributed by atoms with Gasteiger partial charge in [-0.25, -0.2) is 0 Å². The Morgan fingerprint density at radius 3 is 2.66 bits per heavy atom. The summed E-state index contributed by atoms with van der Waals surface area (Å²) < 4.78 is 22.5. The number of rotatable bonds is 2. The van der Waals surface area contributed by atoms with Gasteiger partial charge in [-0.05, 0) is 12.1 Å². The third-order valence-electron chi connectivity index (χ3n) is 5.41. The van der Waals surface area contributed by atoms with Crippen molar-refractivity contribution in [1.29, 1.82) is 0 Å². The molecule has 3 heterocycles. The molecular formula is C22H16O7. The normalized spacial score (nSPS) is 22.4. The van der Waals surface area contributed by atoms with Gasteiger partial charge in [0.2, 0.25) is 0 Å². The molecule has 3 aromatic rings. The molecule has 2 aromatic carbocycles. The molecule has 0 N–H and O–H groups in total.